The van der Waals surface area contributed by atoms with E-state index in [9.17, 15) is 4.79 Å². The van der Waals surface area contributed by atoms with E-state index in [4.69, 9.17) is 5.73 Å². The Kier molecular flexibility index (Phi) is 3.48. The molecule has 0 bridgehead atoms. The van der Waals surface area contributed by atoms with Crippen molar-refractivity contribution in [3.05, 3.63) is 11.6 Å². The molecule has 3 nitrogen and oxygen atoms in total. The maximum atomic E-state index is 11.7. The van der Waals surface area contributed by atoms with Crippen molar-refractivity contribution in [2.45, 2.75) is 20.3 Å². The zero-order valence-electron chi connectivity index (χ0n) is 8.42. The maximum Gasteiger partial charge on any atom is 0.226 e. The van der Waals surface area contributed by atoms with Crippen LogP contribution in [0, 0.1) is 5.92 Å². The molecular formula is C10H18N2O. The second kappa shape index (κ2) is 4.42. The number of amides is 1. The summed E-state index contributed by atoms with van der Waals surface area (Å²) in [7, 11) is 0. The summed E-state index contributed by atoms with van der Waals surface area (Å²) in [6.45, 7) is 6.02. The molecule has 0 aromatic heterocycles. The predicted octanol–water partition coefficient (Wildman–Crippen LogP) is 0.760. The largest absolute Gasteiger partial charge is 0.338 e. The summed E-state index contributed by atoms with van der Waals surface area (Å²) in [5.41, 5.74) is 6.73. The zero-order chi connectivity index (χ0) is 9.84. The third-order valence-corrected chi connectivity index (χ3v) is 2.42. The van der Waals surface area contributed by atoms with Gasteiger partial charge in [-0.2, -0.15) is 0 Å². The van der Waals surface area contributed by atoms with Crippen molar-refractivity contribution < 1.29 is 4.79 Å². The van der Waals surface area contributed by atoms with Crippen molar-refractivity contribution >= 4 is 5.91 Å². The second-order valence-electron chi connectivity index (χ2n) is 3.74. The lowest BCUT2D eigenvalue weighted by molar-refractivity contribution is -0.134. The van der Waals surface area contributed by atoms with E-state index in [-0.39, 0.29) is 11.8 Å². The summed E-state index contributed by atoms with van der Waals surface area (Å²) in [6, 6.07) is 0. The Morgan fingerprint density at radius 3 is 3.00 bits per heavy atom. The number of nitrogens with two attached hydrogens (primary N) is 1. The van der Waals surface area contributed by atoms with E-state index in [1.807, 2.05) is 11.8 Å². The van der Waals surface area contributed by atoms with Crippen molar-refractivity contribution in [1.29, 1.82) is 0 Å². The summed E-state index contributed by atoms with van der Waals surface area (Å²) >= 11 is 0. The molecule has 1 amide bonds. The third kappa shape index (κ3) is 2.56. The van der Waals surface area contributed by atoms with E-state index in [2.05, 4.69) is 13.0 Å². The lowest BCUT2D eigenvalue weighted by Crippen LogP contribution is -2.40. The summed E-state index contributed by atoms with van der Waals surface area (Å²) in [6.07, 6.45) is 3.17. The Balaban J connectivity index is 2.53. The molecule has 13 heavy (non-hydrogen) atoms. The van der Waals surface area contributed by atoms with Crippen LogP contribution in [-0.4, -0.2) is 30.4 Å². The number of hydrogen-bond donors (Lipinski definition) is 1. The van der Waals surface area contributed by atoms with Gasteiger partial charge in [0.25, 0.3) is 0 Å². The van der Waals surface area contributed by atoms with Crippen molar-refractivity contribution in [1.82, 2.24) is 4.90 Å². The van der Waals surface area contributed by atoms with Crippen LogP contribution in [0.25, 0.3) is 0 Å². The van der Waals surface area contributed by atoms with Gasteiger partial charge in [0.05, 0.1) is 0 Å². The topological polar surface area (TPSA) is 46.3 Å². The van der Waals surface area contributed by atoms with E-state index >= 15 is 0 Å². The van der Waals surface area contributed by atoms with Gasteiger partial charge in [0.2, 0.25) is 5.91 Å². The normalized spacial score (nSPS) is 19.6. The smallest absolute Gasteiger partial charge is 0.226 e. The number of nitrogens with zero attached hydrogens (tertiary/aromatic N) is 1. The van der Waals surface area contributed by atoms with E-state index in [1.54, 1.807) is 0 Å². The average molecular weight is 182 g/mol. The second-order valence-corrected chi connectivity index (χ2v) is 3.74. The van der Waals surface area contributed by atoms with Gasteiger partial charge in [-0.3, -0.25) is 4.79 Å². The fourth-order valence-corrected chi connectivity index (χ4v) is 1.51. The van der Waals surface area contributed by atoms with Crippen LogP contribution in [0.3, 0.4) is 0 Å². The van der Waals surface area contributed by atoms with Gasteiger partial charge in [-0.25, -0.2) is 0 Å². The summed E-state index contributed by atoms with van der Waals surface area (Å²) in [5.74, 6) is 0.154. The van der Waals surface area contributed by atoms with Gasteiger partial charge >= 0.3 is 0 Å². The van der Waals surface area contributed by atoms with Crippen LogP contribution in [0.15, 0.2) is 11.6 Å². The van der Waals surface area contributed by atoms with Gasteiger partial charge < -0.3 is 10.6 Å². The number of rotatable bonds is 2. The Morgan fingerprint density at radius 2 is 2.46 bits per heavy atom. The first-order valence-electron chi connectivity index (χ1n) is 4.79. The van der Waals surface area contributed by atoms with Crippen LogP contribution in [0.2, 0.25) is 0 Å². The van der Waals surface area contributed by atoms with Crippen LogP contribution >= 0.6 is 0 Å². The first-order valence-corrected chi connectivity index (χ1v) is 4.79. The van der Waals surface area contributed by atoms with Crippen LogP contribution < -0.4 is 5.73 Å². The number of carbonyl (C=O) groups excluding carboxylic acids is 1. The molecular weight excluding hydrogens is 164 g/mol. The molecule has 1 aliphatic heterocycles. The van der Waals surface area contributed by atoms with Crippen LogP contribution in [0.4, 0.5) is 0 Å². The summed E-state index contributed by atoms with van der Waals surface area (Å²) in [4.78, 5) is 13.6. The first kappa shape index (κ1) is 10.3. The minimum atomic E-state index is -0.0362. The molecule has 0 saturated heterocycles. The minimum absolute atomic E-state index is 0.0362. The molecule has 0 aliphatic carbocycles. The number of hydrogen-bond acceptors (Lipinski definition) is 2. The van der Waals surface area contributed by atoms with E-state index in [0.717, 1.165) is 19.5 Å². The highest BCUT2D eigenvalue weighted by atomic mass is 16.2. The van der Waals surface area contributed by atoms with Crippen molar-refractivity contribution in [3.8, 4) is 0 Å². The molecule has 1 aliphatic rings. The summed E-state index contributed by atoms with van der Waals surface area (Å²) < 4.78 is 0. The SMILES string of the molecule is CC1=CCCN(C(=O)C(C)CN)C1. The standard InChI is InChI=1S/C10H18N2O/c1-8-4-3-5-12(7-8)10(13)9(2)6-11/h4,9H,3,5-7,11H2,1-2H3. The molecule has 0 radical (unpaired) electrons. The van der Waals surface area contributed by atoms with Gasteiger partial charge in [-0.1, -0.05) is 18.6 Å². The summed E-state index contributed by atoms with van der Waals surface area (Å²) in [5, 5.41) is 0. The fourth-order valence-electron chi connectivity index (χ4n) is 1.51. The monoisotopic (exact) mass is 182 g/mol. The predicted molar refractivity (Wildman–Crippen MR) is 53.2 cm³/mol. The van der Waals surface area contributed by atoms with E-state index in [1.165, 1.54) is 5.57 Å². The van der Waals surface area contributed by atoms with Gasteiger partial charge in [0, 0.05) is 25.6 Å². The first-order chi connectivity index (χ1) is 6.15. The average Bonchev–Trinajstić information content (AvgIpc) is 2.15. The molecule has 0 fully saturated rings. The molecule has 0 saturated carbocycles. The van der Waals surface area contributed by atoms with Crippen molar-refractivity contribution in [2.75, 3.05) is 19.6 Å². The quantitative estimate of drug-likeness (QED) is 0.641. The van der Waals surface area contributed by atoms with Crippen LogP contribution in [0.5, 0.6) is 0 Å². The Morgan fingerprint density at radius 1 is 1.77 bits per heavy atom. The molecule has 74 valence electrons. The zero-order valence-corrected chi connectivity index (χ0v) is 8.42. The molecule has 2 N–H and O–H groups in total. The molecule has 0 spiro atoms. The maximum absolute atomic E-state index is 11.7. The van der Waals surface area contributed by atoms with E-state index in [0.29, 0.717) is 6.54 Å². The Labute approximate surface area is 79.6 Å². The van der Waals surface area contributed by atoms with Crippen LogP contribution in [0.1, 0.15) is 20.3 Å². The molecule has 1 unspecified atom stereocenters. The molecule has 1 rings (SSSR count). The van der Waals surface area contributed by atoms with Gasteiger partial charge in [0.1, 0.15) is 0 Å². The lowest BCUT2D eigenvalue weighted by atomic mass is 10.1. The number of carbonyl (C=O) groups is 1. The lowest BCUT2D eigenvalue weighted by Gasteiger charge is -2.28. The Bertz CT molecular complexity index is 223. The molecule has 1 atom stereocenters. The fraction of sp³-hybridized carbons (Fsp3) is 0.700. The highest BCUT2D eigenvalue weighted by Crippen LogP contribution is 2.11. The van der Waals surface area contributed by atoms with Gasteiger partial charge in [0.15, 0.2) is 0 Å². The van der Waals surface area contributed by atoms with Crippen LogP contribution in [-0.2, 0) is 4.79 Å². The van der Waals surface area contributed by atoms with Gasteiger partial charge in [-0.15, -0.1) is 0 Å². The molecule has 1 heterocycles. The Hall–Kier alpha value is -0.830. The highest BCUT2D eigenvalue weighted by molar-refractivity contribution is 5.79. The van der Waals surface area contributed by atoms with E-state index < -0.39 is 0 Å². The highest BCUT2D eigenvalue weighted by Gasteiger charge is 2.20. The van der Waals surface area contributed by atoms with Crippen molar-refractivity contribution in [2.24, 2.45) is 11.7 Å². The van der Waals surface area contributed by atoms with Gasteiger partial charge in [-0.05, 0) is 13.3 Å². The molecule has 0 aromatic rings. The third-order valence-electron chi connectivity index (χ3n) is 2.42. The molecule has 3 heteroatoms. The minimum Gasteiger partial charge on any atom is -0.338 e. The molecule has 0 aromatic carbocycles. The van der Waals surface area contributed by atoms with Crippen molar-refractivity contribution in [3.63, 3.8) is 0 Å².